The molecule has 1 amide bonds. The average molecular weight is 442 g/mol. The number of sulfone groups is 1. The first-order chi connectivity index (χ1) is 14.8. The van der Waals surface area contributed by atoms with Crippen LogP contribution in [0.4, 0.5) is 5.69 Å². The highest BCUT2D eigenvalue weighted by Gasteiger charge is 2.24. The van der Waals surface area contributed by atoms with Gasteiger partial charge in [0.25, 0.3) is 5.91 Å². The van der Waals surface area contributed by atoms with Crippen molar-refractivity contribution in [3.05, 3.63) is 53.1 Å². The summed E-state index contributed by atoms with van der Waals surface area (Å²) in [5, 5.41) is 0. The fourth-order valence-corrected chi connectivity index (χ4v) is 4.82. The Bertz CT molecular complexity index is 1150. The van der Waals surface area contributed by atoms with Gasteiger partial charge < -0.3 is 14.4 Å². The second-order valence-electron chi connectivity index (χ2n) is 8.05. The number of aryl methyl sites for hydroxylation is 1. The van der Waals surface area contributed by atoms with Crippen molar-refractivity contribution < 1.29 is 22.7 Å². The summed E-state index contributed by atoms with van der Waals surface area (Å²) in [5.41, 5.74) is 3.56. The largest absolute Gasteiger partial charge is 0.493 e. The van der Waals surface area contributed by atoms with Crippen molar-refractivity contribution in [2.24, 2.45) is 0 Å². The zero-order valence-corrected chi connectivity index (χ0v) is 18.9. The Morgan fingerprint density at radius 3 is 2.81 bits per heavy atom. The van der Waals surface area contributed by atoms with E-state index in [1.165, 1.54) is 6.26 Å². The lowest BCUT2D eigenvalue weighted by atomic mass is 10.0. The lowest BCUT2D eigenvalue weighted by Crippen LogP contribution is -2.34. The average Bonchev–Trinajstić information content (AvgIpc) is 3.09. The maximum atomic E-state index is 13.0. The number of hydrogen-bond acceptors (Lipinski definition) is 5. The molecule has 2 aromatic rings. The van der Waals surface area contributed by atoms with Gasteiger partial charge in [-0.15, -0.1) is 0 Å². The Morgan fingerprint density at radius 2 is 2.06 bits per heavy atom. The predicted octanol–water partition coefficient (Wildman–Crippen LogP) is 3.80. The maximum Gasteiger partial charge on any atom is 0.250 e. The Balaban J connectivity index is 1.61. The van der Waals surface area contributed by atoms with Crippen LogP contribution in [0, 0.1) is 0 Å². The molecule has 31 heavy (non-hydrogen) atoms. The fourth-order valence-electron chi connectivity index (χ4n) is 4.15. The third kappa shape index (κ3) is 4.46. The summed E-state index contributed by atoms with van der Waals surface area (Å²) in [6.45, 7) is 5.09. The second-order valence-corrected chi connectivity index (χ2v) is 10.1. The van der Waals surface area contributed by atoms with Crippen LogP contribution in [0.25, 0.3) is 6.08 Å². The van der Waals surface area contributed by atoms with Crippen molar-refractivity contribution in [1.29, 1.82) is 0 Å². The summed E-state index contributed by atoms with van der Waals surface area (Å²) in [6.07, 6.45) is 7.02. The molecule has 2 aliphatic rings. The van der Waals surface area contributed by atoms with Gasteiger partial charge in [-0.3, -0.25) is 4.79 Å². The smallest absolute Gasteiger partial charge is 0.250 e. The SMILES string of the molecule is CCOc1cc2c(cc1/C=C/C(=O)N1CCCc3cc(S(C)(=O)=O)ccc31)OC(C)C2. The molecule has 2 aliphatic heterocycles. The van der Waals surface area contributed by atoms with Gasteiger partial charge in [-0.2, -0.15) is 0 Å². The quantitative estimate of drug-likeness (QED) is 0.660. The molecule has 0 aromatic heterocycles. The first-order valence-electron chi connectivity index (χ1n) is 10.5. The van der Waals surface area contributed by atoms with Gasteiger partial charge in [-0.1, -0.05) is 0 Å². The Morgan fingerprint density at radius 1 is 1.26 bits per heavy atom. The number of ether oxygens (including phenoxy) is 2. The Kier molecular flexibility index (Phi) is 5.79. The Hall–Kier alpha value is -2.80. The van der Waals surface area contributed by atoms with Crippen molar-refractivity contribution >= 4 is 27.5 Å². The van der Waals surface area contributed by atoms with Crippen molar-refractivity contribution in [3.8, 4) is 11.5 Å². The number of carbonyl (C=O) groups is 1. The highest BCUT2D eigenvalue weighted by atomic mass is 32.2. The molecule has 164 valence electrons. The highest BCUT2D eigenvalue weighted by molar-refractivity contribution is 7.90. The molecule has 1 atom stereocenters. The van der Waals surface area contributed by atoms with Gasteiger partial charge in [0.15, 0.2) is 9.84 Å². The van der Waals surface area contributed by atoms with E-state index >= 15 is 0 Å². The number of rotatable bonds is 5. The van der Waals surface area contributed by atoms with Crippen LogP contribution in [-0.4, -0.2) is 39.8 Å². The third-order valence-electron chi connectivity index (χ3n) is 5.60. The molecular formula is C24H27NO5S. The molecular weight excluding hydrogens is 414 g/mol. The van der Waals surface area contributed by atoms with Gasteiger partial charge in [-0.05, 0) is 68.7 Å². The maximum absolute atomic E-state index is 13.0. The lowest BCUT2D eigenvalue weighted by molar-refractivity contribution is -0.114. The topological polar surface area (TPSA) is 72.9 Å². The van der Waals surface area contributed by atoms with Crippen molar-refractivity contribution in [2.45, 2.75) is 44.1 Å². The molecule has 0 saturated carbocycles. The van der Waals surface area contributed by atoms with E-state index < -0.39 is 9.84 Å². The molecule has 7 heteroatoms. The first kappa shape index (κ1) is 21.4. The zero-order chi connectivity index (χ0) is 22.2. The van der Waals surface area contributed by atoms with Gasteiger partial charge >= 0.3 is 0 Å². The summed E-state index contributed by atoms with van der Waals surface area (Å²) >= 11 is 0. The van der Waals surface area contributed by atoms with Gasteiger partial charge in [0.1, 0.15) is 17.6 Å². The standard InChI is InChI=1S/C24H27NO5S/c1-4-29-22-15-19-12-16(2)30-23(19)14-18(22)7-10-24(26)25-11-5-6-17-13-20(31(3,27)28)8-9-21(17)25/h7-10,13-16H,4-6,11-12H2,1-3H3/b10-7+. The van der Waals surface area contributed by atoms with Gasteiger partial charge in [-0.25, -0.2) is 8.42 Å². The number of hydrogen-bond donors (Lipinski definition) is 0. The molecule has 0 saturated heterocycles. The van der Waals surface area contributed by atoms with Crippen molar-refractivity contribution in [3.63, 3.8) is 0 Å². The number of nitrogens with zero attached hydrogens (tertiary/aromatic N) is 1. The molecule has 0 spiro atoms. The highest BCUT2D eigenvalue weighted by Crippen LogP contribution is 2.36. The van der Waals surface area contributed by atoms with Crippen LogP contribution in [0.1, 0.15) is 37.0 Å². The number of amides is 1. The molecule has 0 N–H and O–H groups in total. The molecule has 0 fully saturated rings. The van der Waals surface area contributed by atoms with Crippen LogP contribution in [-0.2, 0) is 27.5 Å². The van der Waals surface area contributed by atoms with Crippen LogP contribution in [0.15, 0.2) is 41.3 Å². The van der Waals surface area contributed by atoms with Crippen LogP contribution < -0.4 is 14.4 Å². The van der Waals surface area contributed by atoms with Crippen LogP contribution in [0.5, 0.6) is 11.5 Å². The molecule has 4 rings (SSSR count). The van der Waals surface area contributed by atoms with E-state index in [1.807, 2.05) is 26.0 Å². The van der Waals surface area contributed by atoms with E-state index in [1.54, 1.807) is 35.3 Å². The van der Waals surface area contributed by atoms with E-state index in [4.69, 9.17) is 9.47 Å². The molecule has 6 nitrogen and oxygen atoms in total. The molecule has 2 heterocycles. The molecule has 0 aliphatic carbocycles. The van der Waals surface area contributed by atoms with Crippen molar-refractivity contribution in [2.75, 3.05) is 24.3 Å². The van der Waals surface area contributed by atoms with Crippen LogP contribution in [0.2, 0.25) is 0 Å². The minimum absolute atomic E-state index is 0.131. The van der Waals surface area contributed by atoms with Crippen molar-refractivity contribution in [1.82, 2.24) is 0 Å². The minimum Gasteiger partial charge on any atom is -0.493 e. The molecule has 0 bridgehead atoms. The number of carbonyl (C=O) groups excluding carboxylic acids is 1. The Labute approximate surface area is 183 Å². The molecule has 2 aromatic carbocycles. The zero-order valence-electron chi connectivity index (χ0n) is 18.1. The minimum atomic E-state index is -3.28. The number of benzene rings is 2. The molecule has 0 radical (unpaired) electrons. The van der Waals surface area contributed by atoms with E-state index in [0.29, 0.717) is 13.2 Å². The van der Waals surface area contributed by atoms with Crippen LogP contribution in [0.3, 0.4) is 0 Å². The fraction of sp³-hybridized carbons (Fsp3) is 0.375. The second kappa shape index (κ2) is 8.38. The molecule has 1 unspecified atom stereocenters. The third-order valence-corrected chi connectivity index (χ3v) is 6.71. The van der Waals surface area contributed by atoms with E-state index in [0.717, 1.165) is 53.1 Å². The van der Waals surface area contributed by atoms with Crippen LogP contribution >= 0.6 is 0 Å². The first-order valence-corrected chi connectivity index (χ1v) is 12.4. The summed E-state index contributed by atoms with van der Waals surface area (Å²) in [7, 11) is -3.28. The number of fused-ring (bicyclic) bond motifs is 2. The van der Waals surface area contributed by atoms with E-state index in [9.17, 15) is 13.2 Å². The van der Waals surface area contributed by atoms with E-state index in [2.05, 4.69) is 0 Å². The summed E-state index contributed by atoms with van der Waals surface area (Å²) in [4.78, 5) is 15.0. The monoisotopic (exact) mass is 441 g/mol. The van der Waals surface area contributed by atoms with Gasteiger partial charge in [0.05, 0.1) is 11.5 Å². The number of anilines is 1. The summed E-state index contributed by atoms with van der Waals surface area (Å²) in [6, 6.07) is 8.90. The predicted molar refractivity (Wildman–Crippen MR) is 121 cm³/mol. The lowest BCUT2D eigenvalue weighted by Gasteiger charge is -2.29. The normalized spacial score (nSPS) is 17.9. The van der Waals surface area contributed by atoms with E-state index in [-0.39, 0.29) is 16.9 Å². The van der Waals surface area contributed by atoms with Gasteiger partial charge in [0.2, 0.25) is 0 Å². The summed E-state index contributed by atoms with van der Waals surface area (Å²) < 4.78 is 35.4. The van der Waals surface area contributed by atoms with Gasteiger partial charge in [0, 0.05) is 42.1 Å². The summed E-state index contributed by atoms with van der Waals surface area (Å²) in [5.74, 6) is 1.42.